The molecule has 1 heterocycles. The van der Waals surface area contributed by atoms with E-state index in [0.717, 1.165) is 29.2 Å². The first kappa shape index (κ1) is 50.3. The number of hydrogen-bond donors (Lipinski definition) is 0. The molecule has 362 valence electrons. The van der Waals surface area contributed by atoms with Gasteiger partial charge in [-0.15, -0.1) is 11.3 Å². The lowest BCUT2D eigenvalue weighted by molar-refractivity contribution is 0.333. The molecule has 6 aromatic carbocycles. The van der Waals surface area contributed by atoms with Gasteiger partial charge in [0.25, 0.3) is 0 Å². The Hall–Kier alpha value is -5.12. The van der Waals surface area contributed by atoms with Crippen molar-refractivity contribution < 1.29 is 0 Å². The number of anilines is 6. The second-order valence-electron chi connectivity index (χ2n) is 26.8. The van der Waals surface area contributed by atoms with E-state index in [-0.39, 0.29) is 37.9 Å². The molecule has 1 aliphatic rings. The van der Waals surface area contributed by atoms with E-state index in [1.165, 1.54) is 78.0 Å². The fourth-order valence-electron chi connectivity index (χ4n) is 10.4. The molecule has 0 saturated heterocycles. The number of rotatable bonds is 7. The molecule has 0 spiro atoms. The molecule has 0 N–H and O–H groups in total. The van der Waals surface area contributed by atoms with Crippen molar-refractivity contribution in [1.82, 2.24) is 0 Å². The van der Waals surface area contributed by atoms with Gasteiger partial charge in [0, 0.05) is 43.8 Å². The molecule has 0 amide bonds. The standard InChI is InChI=1S/C66H82N2S/c1-60(2,3)43-23-29-48(30-24-43)67(56-33-27-45(62(7,8)9)39-53(56)52-21-20-22-55-59(52)66(18,19)36-35-65(55,16)17)50-37-47(64(13,14)15)38-51(41-50)68(49-31-25-44(26-32-49)61(4,5)6)57-42-69-58-34-28-46(40-54(57)58)63(10,11)12/h20-34,37-42H,35-36H2,1-19H3. The van der Waals surface area contributed by atoms with Gasteiger partial charge in [-0.25, -0.2) is 0 Å². The van der Waals surface area contributed by atoms with Gasteiger partial charge >= 0.3 is 0 Å². The van der Waals surface area contributed by atoms with Gasteiger partial charge in [0.2, 0.25) is 0 Å². The molecule has 0 atom stereocenters. The highest BCUT2D eigenvalue weighted by molar-refractivity contribution is 7.17. The van der Waals surface area contributed by atoms with Gasteiger partial charge in [0.15, 0.2) is 0 Å². The third kappa shape index (κ3) is 9.97. The fourth-order valence-corrected chi connectivity index (χ4v) is 11.3. The van der Waals surface area contributed by atoms with Crippen molar-refractivity contribution in [3.8, 4) is 11.1 Å². The molecule has 3 heteroatoms. The Kier molecular flexibility index (Phi) is 12.6. The van der Waals surface area contributed by atoms with Crippen LogP contribution in [0, 0.1) is 0 Å². The second-order valence-corrected chi connectivity index (χ2v) is 27.7. The van der Waals surface area contributed by atoms with Crippen LogP contribution in [0.25, 0.3) is 21.2 Å². The molecule has 0 aliphatic heterocycles. The lowest BCUT2D eigenvalue weighted by atomic mass is 9.61. The maximum atomic E-state index is 2.58. The minimum atomic E-state index is -0.155. The van der Waals surface area contributed by atoms with E-state index in [2.05, 4.69) is 268 Å². The highest BCUT2D eigenvalue weighted by atomic mass is 32.1. The normalized spacial score (nSPS) is 15.3. The average molecular weight is 935 g/mol. The summed E-state index contributed by atoms with van der Waals surface area (Å²) in [6.07, 6.45) is 2.32. The quantitative estimate of drug-likeness (QED) is 0.157. The number of hydrogen-bond acceptors (Lipinski definition) is 3. The van der Waals surface area contributed by atoms with E-state index in [1.807, 2.05) is 11.3 Å². The molecule has 1 aliphatic carbocycles. The van der Waals surface area contributed by atoms with Gasteiger partial charge in [-0.05, 0) is 162 Å². The highest BCUT2D eigenvalue weighted by Crippen LogP contribution is 2.53. The van der Waals surface area contributed by atoms with E-state index in [9.17, 15) is 0 Å². The van der Waals surface area contributed by atoms with Crippen LogP contribution >= 0.6 is 11.3 Å². The van der Waals surface area contributed by atoms with Crippen molar-refractivity contribution in [2.75, 3.05) is 9.80 Å². The van der Waals surface area contributed by atoms with E-state index < -0.39 is 0 Å². The molecular weight excluding hydrogens is 853 g/mol. The third-order valence-corrected chi connectivity index (χ3v) is 16.1. The Morgan fingerprint density at radius 3 is 1.35 bits per heavy atom. The minimum Gasteiger partial charge on any atom is -0.310 e. The Labute approximate surface area is 422 Å². The average Bonchev–Trinajstić information content (AvgIpc) is 3.67. The summed E-state index contributed by atoms with van der Waals surface area (Å²) in [6.45, 7) is 44.8. The van der Waals surface area contributed by atoms with Gasteiger partial charge in [-0.2, -0.15) is 0 Å². The molecule has 1 aromatic heterocycles. The van der Waals surface area contributed by atoms with Crippen molar-refractivity contribution >= 4 is 55.5 Å². The smallest absolute Gasteiger partial charge is 0.0647 e. The van der Waals surface area contributed by atoms with Crippen molar-refractivity contribution in [1.29, 1.82) is 0 Å². The lowest BCUT2D eigenvalue weighted by Gasteiger charge is -2.43. The van der Waals surface area contributed by atoms with Crippen LogP contribution in [0.3, 0.4) is 0 Å². The summed E-state index contributed by atoms with van der Waals surface area (Å²) in [5.41, 5.74) is 19.1. The molecule has 69 heavy (non-hydrogen) atoms. The van der Waals surface area contributed by atoms with Crippen LogP contribution in [0.1, 0.15) is 183 Å². The summed E-state index contributed by atoms with van der Waals surface area (Å²) in [7, 11) is 0. The summed E-state index contributed by atoms with van der Waals surface area (Å²) in [6, 6.07) is 47.8. The maximum absolute atomic E-state index is 2.58. The van der Waals surface area contributed by atoms with E-state index >= 15 is 0 Å². The molecule has 8 rings (SSSR count). The first-order valence-electron chi connectivity index (χ1n) is 25.6. The summed E-state index contributed by atoms with van der Waals surface area (Å²) >= 11 is 1.84. The van der Waals surface area contributed by atoms with Crippen molar-refractivity contribution in [3.63, 3.8) is 0 Å². The molecule has 0 radical (unpaired) electrons. The van der Waals surface area contributed by atoms with Gasteiger partial charge in [0.05, 0.1) is 11.4 Å². The first-order chi connectivity index (χ1) is 31.8. The van der Waals surface area contributed by atoms with Crippen LogP contribution in [0.2, 0.25) is 0 Å². The van der Waals surface area contributed by atoms with E-state index in [0.29, 0.717) is 0 Å². The first-order valence-corrected chi connectivity index (χ1v) is 26.5. The molecule has 0 unspecified atom stereocenters. The monoisotopic (exact) mass is 935 g/mol. The minimum absolute atomic E-state index is 0.00810. The number of nitrogens with zero attached hydrogens (tertiary/aromatic N) is 2. The zero-order valence-electron chi connectivity index (χ0n) is 45.8. The summed E-state index contributed by atoms with van der Waals surface area (Å²) in [5.74, 6) is 0. The van der Waals surface area contributed by atoms with E-state index in [4.69, 9.17) is 0 Å². The van der Waals surface area contributed by atoms with Crippen LogP contribution in [0.4, 0.5) is 34.1 Å². The van der Waals surface area contributed by atoms with Gasteiger partial charge in [-0.1, -0.05) is 186 Å². The van der Waals surface area contributed by atoms with Gasteiger partial charge in [-0.3, -0.25) is 0 Å². The Bertz CT molecular complexity index is 2990. The number of thiophene rings is 1. The van der Waals surface area contributed by atoms with Crippen molar-refractivity contribution in [2.24, 2.45) is 0 Å². The predicted molar refractivity (Wildman–Crippen MR) is 305 cm³/mol. The largest absolute Gasteiger partial charge is 0.310 e. The van der Waals surface area contributed by atoms with Crippen LogP contribution in [-0.2, 0) is 37.9 Å². The lowest BCUT2D eigenvalue weighted by Crippen LogP contribution is -2.34. The fraction of sp³-hybridized carbons (Fsp3) is 0.424. The molecule has 2 nitrogen and oxygen atoms in total. The van der Waals surface area contributed by atoms with Crippen LogP contribution in [0.15, 0.2) is 127 Å². The topological polar surface area (TPSA) is 6.48 Å². The van der Waals surface area contributed by atoms with E-state index in [1.54, 1.807) is 0 Å². The maximum Gasteiger partial charge on any atom is 0.0647 e. The van der Waals surface area contributed by atoms with Gasteiger partial charge < -0.3 is 9.80 Å². The van der Waals surface area contributed by atoms with Crippen molar-refractivity contribution in [2.45, 2.75) is 182 Å². The van der Waals surface area contributed by atoms with Gasteiger partial charge in [0.1, 0.15) is 0 Å². The Balaban J connectivity index is 1.48. The number of fused-ring (bicyclic) bond motifs is 2. The molecule has 0 fully saturated rings. The summed E-state index contributed by atoms with van der Waals surface area (Å²) < 4.78 is 1.29. The number of benzene rings is 6. The molecular formula is C66H82N2S. The van der Waals surface area contributed by atoms with Crippen molar-refractivity contribution in [3.05, 3.63) is 166 Å². The highest BCUT2D eigenvalue weighted by Gasteiger charge is 2.39. The zero-order valence-corrected chi connectivity index (χ0v) is 46.7. The molecule has 0 saturated carbocycles. The van der Waals surface area contributed by atoms with Crippen LogP contribution < -0.4 is 9.80 Å². The molecule has 0 bridgehead atoms. The third-order valence-electron chi connectivity index (χ3n) is 15.2. The zero-order chi connectivity index (χ0) is 50.4. The molecule has 7 aromatic rings. The predicted octanol–water partition coefficient (Wildman–Crippen LogP) is 20.3. The summed E-state index contributed by atoms with van der Waals surface area (Å²) in [5, 5.41) is 3.66. The summed E-state index contributed by atoms with van der Waals surface area (Å²) in [4.78, 5) is 5.12. The second kappa shape index (κ2) is 17.3. The Morgan fingerprint density at radius 1 is 0.391 bits per heavy atom. The Morgan fingerprint density at radius 2 is 0.841 bits per heavy atom. The van der Waals surface area contributed by atoms with Crippen LogP contribution in [-0.4, -0.2) is 0 Å². The SMILES string of the molecule is CC(C)(C)c1ccc(N(c2cc(N(c3ccc(C(C)(C)C)cc3)c3csc4ccc(C(C)(C)C)cc34)cc(C(C)(C)C)c2)c2ccc(C(C)(C)C)cc2-c2cccc3c2C(C)(C)CCC3(C)C)cc1. The van der Waals surface area contributed by atoms with Crippen LogP contribution in [0.5, 0.6) is 0 Å².